The van der Waals surface area contributed by atoms with Gasteiger partial charge in [-0.05, 0) is 19.3 Å². The Balaban J connectivity index is 0. The molecule has 5 nitrogen and oxygen atoms in total. The zero-order chi connectivity index (χ0) is 15.1. The summed E-state index contributed by atoms with van der Waals surface area (Å²) in [4.78, 5) is 4.49. The zero-order valence-corrected chi connectivity index (χ0v) is 16.4. The van der Waals surface area contributed by atoms with Crippen molar-refractivity contribution in [1.29, 1.82) is 0 Å². The van der Waals surface area contributed by atoms with Crippen LogP contribution in [0.4, 0.5) is 0 Å². The maximum Gasteiger partial charge on any atom is 0.191 e. The molecule has 6 heteroatoms. The van der Waals surface area contributed by atoms with Crippen LogP contribution in [0.25, 0.3) is 0 Å². The van der Waals surface area contributed by atoms with Gasteiger partial charge in [0.1, 0.15) is 0 Å². The predicted molar refractivity (Wildman–Crippen MR) is 101 cm³/mol. The van der Waals surface area contributed by atoms with Crippen molar-refractivity contribution >= 4 is 29.9 Å². The molecule has 0 radical (unpaired) electrons. The van der Waals surface area contributed by atoms with Crippen LogP contribution in [-0.4, -0.2) is 52.0 Å². The molecule has 0 aromatic rings. The van der Waals surface area contributed by atoms with Crippen molar-refractivity contribution in [3.63, 3.8) is 0 Å². The van der Waals surface area contributed by atoms with Gasteiger partial charge in [-0.3, -0.25) is 4.99 Å². The molecule has 21 heavy (non-hydrogen) atoms. The van der Waals surface area contributed by atoms with Gasteiger partial charge in [0.15, 0.2) is 5.96 Å². The summed E-state index contributed by atoms with van der Waals surface area (Å²) < 4.78 is 10.9. The largest absolute Gasteiger partial charge is 0.379 e. The molecular formula is C15H34IN3O2. The van der Waals surface area contributed by atoms with Crippen molar-refractivity contribution in [3.05, 3.63) is 0 Å². The molecule has 0 saturated heterocycles. The maximum absolute atomic E-state index is 5.50. The average molecular weight is 415 g/mol. The quantitative estimate of drug-likeness (QED) is 0.223. The minimum Gasteiger partial charge on any atom is -0.379 e. The van der Waals surface area contributed by atoms with E-state index in [2.05, 4.69) is 43.3 Å². The number of guanidine groups is 1. The molecule has 0 saturated carbocycles. The molecule has 128 valence electrons. The molecule has 0 aromatic carbocycles. The lowest BCUT2D eigenvalue weighted by Gasteiger charge is -2.12. The Labute approximate surface area is 147 Å². The highest BCUT2D eigenvalue weighted by molar-refractivity contribution is 14.0. The van der Waals surface area contributed by atoms with Crippen LogP contribution in [-0.2, 0) is 9.47 Å². The van der Waals surface area contributed by atoms with E-state index >= 15 is 0 Å². The molecule has 0 rings (SSSR count). The molecule has 0 aliphatic heterocycles. The van der Waals surface area contributed by atoms with Crippen molar-refractivity contribution in [3.8, 4) is 0 Å². The molecule has 0 aliphatic rings. The van der Waals surface area contributed by atoms with Crippen LogP contribution in [0.1, 0.15) is 40.5 Å². The summed E-state index contributed by atoms with van der Waals surface area (Å²) >= 11 is 0. The van der Waals surface area contributed by atoms with E-state index in [9.17, 15) is 0 Å². The number of hydrogen-bond donors (Lipinski definition) is 2. The first kappa shape index (κ1) is 23.2. The number of ether oxygens (including phenoxy) is 2. The molecule has 0 amide bonds. The van der Waals surface area contributed by atoms with Crippen LogP contribution in [0.2, 0.25) is 0 Å². The predicted octanol–water partition coefficient (Wildman–Crippen LogP) is 2.65. The average Bonchev–Trinajstić information content (AvgIpc) is 2.42. The van der Waals surface area contributed by atoms with Crippen LogP contribution < -0.4 is 10.6 Å². The van der Waals surface area contributed by atoms with Crippen molar-refractivity contribution in [2.24, 2.45) is 10.9 Å². The molecule has 0 atom stereocenters. The summed E-state index contributed by atoms with van der Waals surface area (Å²) in [5.41, 5.74) is 0. The SMILES string of the molecule is CCCCOCCOCCNC(=NCC(C)C)NCC.I. The Morgan fingerprint density at radius 1 is 1.00 bits per heavy atom. The minimum atomic E-state index is 0. The van der Waals surface area contributed by atoms with E-state index in [1.165, 1.54) is 6.42 Å². The van der Waals surface area contributed by atoms with Gasteiger partial charge in [-0.2, -0.15) is 0 Å². The third kappa shape index (κ3) is 17.9. The smallest absolute Gasteiger partial charge is 0.191 e. The van der Waals surface area contributed by atoms with Crippen molar-refractivity contribution in [2.45, 2.75) is 40.5 Å². The number of nitrogens with zero attached hydrogens (tertiary/aromatic N) is 1. The summed E-state index contributed by atoms with van der Waals surface area (Å²) in [7, 11) is 0. The molecule has 0 fully saturated rings. The number of hydrogen-bond acceptors (Lipinski definition) is 3. The molecule has 0 heterocycles. The molecule has 0 bridgehead atoms. The van der Waals surface area contributed by atoms with Crippen LogP contribution >= 0.6 is 24.0 Å². The first-order valence-electron chi connectivity index (χ1n) is 7.88. The normalized spacial score (nSPS) is 11.4. The highest BCUT2D eigenvalue weighted by Crippen LogP contribution is 1.91. The molecule has 0 unspecified atom stereocenters. The van der Waals surface area contributed by atoms with Crippen LogP contribution in [0.5, 0.6) is 0 Å². The Kier molecular flexibility index (Phi) is 19.8. The van der Waals surface area contributed by atoms with E-state index in [-0.39, 0.29) is 24.0 Å². The third-order valence-corrected chi connectivity index (χ3v) is 2.51. The summed E-state index contributed by atoms with van der Waals surface area (Å²) in [6, 6.07) is 0. The van der Waals surface area contributed by atoms with Crippen molar-refractivity contribution < 1.29 is 9.47 Å². The van der Waals surface area contributed by atoms with Gasteiger partial charge >= 0.3 is 0 Å². The lowest BCUT2D eigenvalue weighted by atomic mass is 10.2. The summed E-state index contributed by atoms with van der Waals surface area (Å²) in [6.07, 6.45) is 2.30. The topological polar surface area (TPSA) is 54.9 Å². The van der Waals surface area contributed by atoms with Gasteiger partial charge in [0.25, 0.3) is 0 Å². The summed E-state index contributed by atoms with van der Waals surface area (Å²) in [5, 5.41) is 6.48. The number of unbranched alkanes of at least 4 members (excludes halogenated alkanes) is 1. The highest BCUT2D eigenvalue weighted by atomic mass is 127. The fraction of sp³-hybridized carbons (Fsp3) is 0.933. The fourth-order valence-corrected chi connectivity index (χ4v) is 1.43. The Morgan fingerprint density at radius 2 is 1.67 bits per heavy atom. The van der Waals surface area contributed by atoms with Crippen LogP contribution in [0, 0.1) is 5.92 Å². The van der Waals surface area contributed by atoms with Gasteiger partial charge in [0, 0.05) is 26.2 Å². The molecule has 0 aromatic heterocycles. The van der Waals surface area contributed by atoms with Gasteiger partial charge in [-0.15, -0.1) is 24.0 Å². The van der Waals surface area contributed by atoms with Crippen molar-refractivity contribution in [2.75, 3.05) is 46.1 Å². The second-order valence-corrected chi connectivity index (χ2v) is 5.12. The second-order valence-electron chi connectivity index (χ2n) is 5.12. The standard InChI is InChI=1S/C15H33N3O2.HI/c1-5-7-9-19-11-12-20-10-8-17-15(16-6-2)18-13-14(3)4;/h14H,5-13H2,1-4H3,(H2,16,17,18);1H. The number of halogens is 1. The molecular weight excluding hydrogens is 381 g/mol. The second kappa shape index (κ2) is 18.0. The molecule has 0 spiro atoms. The van der Waals surface area contributed by atoms with Gasteiger partial charge in [-0.25, -0.2) is 0 Å². The van der Waals surface area contributed by atoms with Gasteiger partial charge < -0.3 is 20.1 Å². The van der Waals surface area contributed by atoms with Crippen LogP contribution in [0.15, 0.2) is 4.99 Å². The number of nitrogens with one attached hydrogen (secondary N) is 2. The first-order chi connectivity index (χ1) is 9.70. The minimum absolute atomic E-state index is 0. The van der Waals surface area contributed by atoms with Crippen molar-refractivity contribution in [1.82, 2.24) is 10.6 Å². The highest BCUT2D eigenvalue weighted by Gasteiger charge is 1.98. The van der Waals surface area contributed by atoms with Gasteiger partial charge in [-0.1, -0.05) is 27.2 Å². The van der Waals surface area contributed by atoms with Crippen LogP contribution in [0.3, 0.4) is 0 Å². The van der Waals surface area contributed by atoms with E-state index in [4.69, 9.17) is 9.47 Å². The lowest BCUT2D eigenvalue weighted by Crippen LogP contribution is -2.39. The van der Waals surface area contributed by atoms with E-state index in [0.717, 1.165) is 38.6 Å². The summed E-state index contributed by atoms with van der Waals surface area (Å²) in [5.74, 6) is 1.44. The summed E-state index contributed by atoms with van der Waals surface area (Å²) in [6.45, 7) is 13.9. The zero-order valence-electron chi connectivity index (χ0n) is 14.1. The van der Waals surface area contributed by atoms with Gasteiger partial charge in [0.05, 0.1) is 19.8 Å². The first-order valence-corrected chi connectivity index (χ1v) is 7.88. The molecule has 0 aliphatic carbocycles. The van der Waals surface area contributed by atoms with Gasteiger partial charge in [0.2, 0.25) is 0 Å². The number of aliphatic imine (C=N–C) groups is 1. The van der Waals surface area contributed by atoms with E-state index in [1.807, 2.05) is 0 Å². The Morgan fingerprint density at radius 3 is 2.24 bits per heavy atom. The molecule has 2 N–H and O–H groups in total. The Hall–Kier alpha value is -0.0800. The van der Waals surface area contributed by atoms with E-state index in [0.29, 0.717) is 25.7 Å². The lowest BCUT2D eigenvalue weighted by molar-refractivity contribution is 0.0487. The Bertz CT molecular complexity index is 239. The number of rotatable bonds is 12. The third-order valence-electron chi connectivity index (χ3n) is 2.51. The van der Waals surface area contributed by atoms with E-state index in [1.54, 1.807) is 0 Å². The maximum atomic E-state index is 5.50. The van der Waals surface area contributed by atoms with E-state index < -0.39 is 0 Å². The fourth-order valence-electron chi connectivity index (χ4n) is 1.43. The monoisotopic (exact) mass is 415 g/mol.